The Balaban J connectivity index is 2.38. The number of ether oxygens (including phenoxy) is 2. The fourth-order valence-electron chi connectivity index (χ4n) is 1.55. The first-order valence-corrected chi connectivity index (χ1v) is 6.87. The largest absolute Gasteiger partial charge is 0.419 e. The zero-order chi connectivity index (χ0) is 14.2. The van der Waals surface area contributed by atoms with Crippen LogP contribution in [0.25, 0.3) is 6.08 Å². The lowest BCUT2D eigenvalue weighted by Crippen LogP contribution is -2.41. The molecule has 1 saturated heterocycles. The fourth-order valence-corrected chi connectivity index (χ4v) is 2.46. The number of hydrogen-bond donors (Lipinski definition) is 0. The quantitative estimate of drug-likeness (QED) is 0.319. The maximum Gasteiger partial charge on any atom is 0.348 e. The Hall–Kier alpha value is -1.08. The third-order valence-electron chi connectivity index (χ3n) is 2.38. The summed E-state index contributed by atoms with van der Waals surface area (Å²) in [6.45, 7) is 2.99. The second-order valence-corrected chi connectivity index (χ2v) is 6.06. The van der Waals surface area contributed by atoms with Gasteiger partial charge in [0.15, 0.2) is 0 Å². The molecule has 0 aliphatic carbocycles. The molecule has 0 radical (unpaired) electrons. The molecule has 1 fully saturated rings. The summed E-state index contributed by atoms with van der Waals surface area (Å²) in [6.07, 6.45) is 1.37. The SMILES string of the molecule is CC1(C)OC(=O)C(=Cc2ccc(I)cc2Cl)C(=O)O1. The topological polar surface area (TPSA) is 52.6 Å². The predicted octanol–water partition coefficient (Wildman–Crippen LogP) is 3.16. The van der Waals surface area contributed by atoms with E-state index in [9.17, 15) is 9.59 Å². The van der Waals surface area contributed by atoms with Gasteiger partial charge in [-0.05, 0) is 46.4 Å². The van der Waals surface area contributed by atoms with Crippen LogP contribution in [0.1, 0.15) is 19.4 Å². The molecule has 4 nitrogen and oxygen atoms in total. The zero-order valence-corrected chi connectivity index (χ0v) is 13.1. The fraction of sp³-hybridized carbons (Fsp3) is 0.231. The molecule has 6 heteroatoms. The van der Waals surface area contributed by atoms with Gasteiger partial charge >= 0.3 is 11.9 Å². The molecule has 0 amide bonds. The lowest BCUT2D eigenvalue weighted by molar-refractivity contribution is -0.222. The van der Waals surface area contributed by atoms with Crippen LogP contribution in [0.4, 0.5) is 0 Å². The molecular formula is C13H10ClIO4. The number of halogens is 2. The van der Waals surface area contributed by atoms with Crippen LogP contribution >= 0.6 is 34.2 Å². The number of carbonyl (C=O) groups is 2. The highest BCUT2D eigenvalue weighted by molar-refractivity contribution is 14.1. The number of esters is 2. The van der Waals surface area contributed by atoms with Gasteiger partial charge in [0, 0.05) is 22.4 Å². The first-order chi connectivity index (χ1) is 8.78. The predicted molar refractivity (Wildman–Crippen MR) is 78.4 cm³/mol. The van der Waals surface area contributed by atoms with Gasteiger partial charge in [-0.3, -0.25) is 0 Å². The lowest BCUT2D eigenvalue weighted by Gasteiger charge is -2.29. The number of benzene rings is 1. The standard InChI is InChI=1S/C13H10ClIO4/c1-13(2)18-11(16)9(12(17)19-13)5-7-3-4-8(15)6-10(7)14/h3-6H,1-2H3. The van der Waals surface area contributed by atoms with Crippen LogP contribution in [-0.4, -0.2) is 17.7 Å². The normalized spacial score (nSPS) is 17.8. The first kappa shape index (κ1) is 14.3. The van der Waals surface area contributed by atoms with Gasteiger partial charge in [-0.15, -0.1) is 0 Å². The molecule has 2 rings (SSSR count). The van der Waals surface area contributed by atoms with Crippen LogP contribution in [-0.2, 0) is 19.1 Å². The molecule has 0 N–H and O–H groups in total. The second kappa shape index (κ2) is 5.13. The minimum atomic E-state index is -1.23. The Labute approximate surface area is 128 Å². The van der Waals surface area contributed by atoms with E-state index >= 15 is 0 Å². The number of cyclic esters (lactones) is 2. The molecule has 0 saturated carbocycles. The van der Waals surface area contributed by atoms with E-state index in [0.29, 0.717) is 10.6 Å². The van der Waals surface area contributed by atoms with Gasteiger partial charge in [0.1, 0.15) is 5.57 Å². The maximum atomic E-state index is 11.8. The van der Waals surface area contributed by atoms with E-state index in [1.165, 1.54) is 19.9 Å². The number of carbonyl (C=O) groups excluding carboxylic acids is 2. The Morgan fingerprint density at radius 3 is 2.32 bits per heavy atom. The van der Waals surface area contributed by atoms with E-state index in [4.69, 9.17) is 21.1 Å². The molecule has 0 bridgehead atoms. The van der Waals surface area contributed by atoms with Gasteiger partial charge in [0.2, 0.25) is 0 Å². The average Bonchev–Trinajstić information content (AvgIpc) is 2.24. The highest BCUT2D eigenvalue weighted by atomic mass is 127. The summed E-state index contributed by atoms with van der Waals surface area (Å²) in [5, 5.41) is 0.449. The molecule has 1 aliphatic rings. The summed E-state index contributed by atoms with van der Waals surface area (Å²) in [6, 6.07) is 5.28. The van der Waals surface area contributed by atoms with Crippen molar-refractivity contribution in [2.24, 2.45) is 0 Å². The summed E-state index contributed by atoms with van der Waals surface area (Å²) >= 11 is 8.16. The lowest BCUT2D eigenvalue weighted by atomic mass is 10.1. The third kappa shape index (κ3) is 3.27. The highest BCUT2D eigenvalue weighted by Crippen LogP contribution is 2.27. The summed E-state index contributed by atoms with van der Waals surface area (Å²) in [5.74, 6) is -2.66. The van der Waals surface area contributed by atoms with E-state index in [-0.39, 0.29) is 5.57 Å². The zero-order valence-electron chi connectivity index (χ0n) is 10.2. The van der Waals surface area contributed by atoms with Crippen molar-refractivity contribution in [3.05, 3.63) is 37.9 Å². The van der Waals surface area contributed by atoms with Gasteiger partial charge in [0.25, 0.3) is 5.79 Å². The Morgan fingerprint density at radius 2 is 1.79 bits per heavy atom. The van der Waals surface area contributed by atoms with Crippen LogP contribution in [0.3, 0.4) is 0 Å². The van der Waals surface area contributed by atoms with Crippen molar-refractivity contribution in [3.63, 3.8) is 0 Å². The van der Waals surface area contributed by atoms with Gasteiger partial charge in [0.05, 0.1) is 0 Å². The summed E-state index contributed by atoms with van der Waals surface area (Å²) in [4.78, 5) is 23.5. The minimum Gasteiger partial charge on any atom is -0.419 e. The van der Waals surface area contributed by atoms with Crippen molar-refractivity contribution in [1.82, 2.24) is 0 Å². The molecular weight excluding hydrogens is 382 g/mol. The monoisotopic (exact) mass is 392 g/mol. The van der Waals surface area contributed by atoms with Crippen LogP contribution in [0.2, 0.25) is 5.02 Å². The van der Waals surface area contributed by atoms with Crippen LogP contribution in [0, 0.1) is 3.57 Å². The van der Waals surface area contributed by atoms with Crippen LogP contribution in [0.5, 0.6) is 0 Å². The van der Waals surface area contributed by atoms with Crippen molar-refractivity contribution in [2.45, 2.75) is 19.6 Å². The van der Waals surface area contributed by atoms with Gasteiger partial charge in [-0.25, -0.2) is 9.59 Å². The first-order valence-electron chi connectivity index (χ1n) is 5.42. The molecule has 0 aromatic heterocycles. The van der Waals surface area contributed by atoms with Crippen LogP contribution in [0.15, 0.2) is 23.8 Å². The van der Waals surface area contributed by atoms with E-state index in [1.54, 1.807) is 12.1 Å². The summed E-state index contributed by atoms with van der Waals surface area (Å²) in [5.41, 5.74) is 0.396. The smallest absolute Gasteiger partial charge is 0.348 e. The molecule has 1 aromatic carbocycles. The summed E-state index contributed by atoms with van der Waals surface area (Å²) < 4.78 is 11.0. The Bertz CT molecular complexity index is 570. The molecule has 1 aliphatic heterocycles. The molecule has 0 atom stereocenters. The number of hydrogen-bond acceptors (Lipinski definition) is 4. The van der Waals surface area contributed by atoms with E-state index in [2.05, 4.69) is 22.6 Å². The van der Waals surface area contributed by atoms with E-state index < -0.39 is 17.7 Å². The molecule has 1 aromatic rings. The van der Waals surface area contributed by atoms with Crippen molar-refractivity contribution < 1.29 is 19.1 Å². The Kier molecular flexibility index (Phi) is 3.87. The van der Waals surface area contributed by atoms with Crippen molar-refractivity contribution >= 4 is 52.2 Å². The van der Waals surface area contributed by atoms with E-state index in [1.807, 2.05) is 6.07 Å². The third-order valence-corrected chi connectivity index (χ3v) is 3.38. The Morgan fingerprint density at radius 1 is 1.21 bits per heavy atom. The molecule has 19 heavy (non-hydrogen) atoms. The van der Waals surface area contributed by atoms with Crippen molar-refractivity contribution in [2.75, 3.05) is 0 Å². The minimum absolute atomic E-state index is 0.164. The van der Waals surface area contributed by atoms with Crippen LogP contribution < -0.4 is 0 Å². The molecule has 0 unspecified atom stereocenters. The maximum absolute atomic E-state index is 11.8. The average molecular weight is 393 g/mol. The van der Waals surface area contributed by atoms with Gasteiger partial charge < -0.3 is 9.47 Å². The molecule has 100 valence electrons. The molecule has 1 heterocycles. The molecule has 0 spiro atoms. The van der Waals surface area contributed by atoms with Crippen molar-refractivity contribution in [3.8, 4) is 0 Å². The van der Waals surface area contributed by atoms with Crippen molar-refractivity contribution in [1.29, 1.82) is 0 Å². The number of rotatable bonds is 1. The van der Waals surface area contributed by atoms with Gasteiger partial charge in [-0.2, -0.15) is 0 Å². The highest BCUT2D eigenvalue weighted by Gasteiger charge is 2.38. The second-order valence-electron chi connectivity index (χ2n) is 4.40. The van der Waals surface area contributed by atoms with Gasteiger partial charge in [-0.1, -0.05) is 17.7 Å². The van der Waals surface area contributed by atoms with E-state index in [0.717, 1.165) is 3.57 Å². The summed E-state index contributed by atoms with van der Waals surface area (Å²) in [7, 11) is 0.